The van der Waals surface area contributed by atoms with Crippen LogP contribution in [0.1, 0.15) is 17.2 Å². The molecule has 3 N–H and O–H groups in total. The SMILES string of the molecule is C#Cc1cccc([C@H](O)CN)c1. The molecule has 0 heterocycles. The molecule has 0 fully saturated rings. The van der Waals surface area contributed by atoms with Crippen LogP contribution in [0, 0.1) is 12.3 Å². The van der Waals surface area contributed by atoms with Crippen molar-refractivity contribution in [1.29, 1.82) is 0 Å². The topological polar surface area (TPSA) is 46.2 Å². The molecule has 1 aromatic carbocycles. The summed E-state index contributed by atoms with van der Waals surface area (Å²) in [6.07, 6.45) is 4.58. The summed E-state index contributed by atoms with van der Waals surface area (Å²) in [6, 6.07) is 7.19. The number of aliphatic hydroxyl groups excluding tert-OH is 1. The first-order chi connectivity index (χ1) is 5.77. The molecule has 0 unspecified atom stereocenters. The van der Waals surface area contributed by atoms with Crippen LogP contribution in [0.3, 0.4) is 0 Å². The van der Waals surface area contributed by atoms with Crippen LogP contribution in [-0.2, 0) is 0 Å². The zero-order chi connectivity index (χ0) is 8.97. The number of terminal acetylenes is 1. The first kappa shape index (κ1) is 8.79. The van der Waals surface area contributed by atoms with Crippen LogP contribution in [-0.4, -0.2) is 11.7 Å². The number of benzene rings is 1. The Morgan fingerprint density at radius 1 is 1.58 bits per heavy atom. The molecule has 0 aliphatic carbocycles. The molecule has 2 nitrogen and oxygen atoms in total. The summed E-state index contributed by atoms with van der Waals surface area (Å²) in [6.45, 7) is 0.216. The van der Waals surface area contributed by atoms with Gasteiger partial charge < -0.3 is 10.8 Å². The molecule has 0 spiro atoms. The fourth-order valence-electron chi connectivity index (χ4n) is 0.972. The van der Waals surface area contributed by atoms with Gasteiger partial charge in [0.1, 0.15) is 0 Å². The summed E-state index contributed by atoms with van der Waals surface area (Å²) in [5.74, 6) is 2.49. The number of hydrogen-bond acceptors (Lipinski definition) is 2. The Hall–Kier alpha value is -1.30. The van der Waals surface area contributed by atoms with Crippen LogP contribution in [0.25, 0.3) is 0 Å². The maximum absolute atomic E-state index is 9.36. The van der Waals surface area contributed by atoms with Crippen molar-refractivity contribution in [2.75, 3.05) is 6.54 Å². The first-order valence-electron chi connectivity index (χ1n) is 3.72. The van der Waals surface area contributed by atoms with Gasteiger partial charge in [-0.3, -0.25) is 0 Å². The number of rotatable bonds is 2. The fourth-order valence-corrected chi connectivity index (χ4v) is 0.972. The smallest absolute Gasteiger partial charge is 0.0912 e. The Kier molecular flexibility index (Phi) is 2.87. The van der Waals surface area contributed by atoms with E-state index in [1.54, 1.807) is 12.1 Å². The fraction of sp³-hybridized carbons (Fsp3) is 0.200. The Bertz CT molecular complexity index is 301. The van der Waals surface area contributed by atoms with E-state index in [-0.39, 0.29) is 6.54 Å². The second kappa shape index (κ2) is 3.91. The number of hydrogen-bond donors (Lipinski definition) is 2. The van der Waals surface area contributed by atoms with Gasteiger partial charge in [-0.25, -0.2) is 0 Å². The van der Waals surface area contributed by atoms with E-state index < -0.39 is 6.10 Å². The summed E-state index contributed by atoms with van der Waals surface area (Å²) in [5.41, 5.74) is 6.83. The van der Waals surface area contributed by atoms with E-state index in [1.807, 2.05) is 12.1 Å². The van der Waals surface area contributed by atoms with Gasteiger partial charge in [-0.2, -0.15) is 0 Å². The van der Waals surface area contributed by atoms with Crippen LogP contribution < -0.4 is 5.73 Å². The predicted molar refractivity (Wildman–Crippen MR) is 48.4 cm³/mol. The van der Waals surface area contributed by atoms with Crippen LogP contribution in [0.4, 0.5) is 0 Å². The van der Waals surface area contributed by atoms with E-state index in [1.165, 1.54) is 0 Å². The zero-order valence-corrected chi connectivity index (χ0v) is 6.70. The van der Waals surface area contributed by atoms with Gasteiger partial charge in [-0.05, 0) is 17.7 Å². The van der Waals surface area contributed by atoms with E-state index >= 15 is 0 Å². The predicted octanol–water partition coefficient (Wildman–Crippen LogP) is 0.660. The van der Waals surface area contributed by atoms with Crippen LogP contribution in [0.2, 0.25) is 0 Å². The summed E-state index contributed by atoms with van der Waals surface area (Å²) in [4.78, 5) is 0. The van der Waals surface area contributed by atoms with E-state index in [0.29, 0.717) is 0 Å². The van der Waals surface area contributed by atoms with Gasteiger partial charge in [0.15, 0.2) is 0 Å². The molecule has 0 aliphatic rings. The Labute approximate surface area is 72.0 Å². The van der Waals surface area contributed by atoms with Gasteiger partial charge in [-0.15, -0.1) is 6.42 Å². The molecule has 0 aliphatic heterocycles. The maximum Gasteiger partial charge on any atom is 0.0912 e. The Balaban J connectivity index is 2.95. The Morgan fingerprint density at radius 3 is 2.92 bits per heavy atom. The summed E-state index contributed by atoms with van der Waals surface area (Å²) < 4.78 is 0. The molecular weight excluding hydrogens is 150 g/mol. The molecule has 12 heavy (non-hydrogen) atoms. The molecule has 1 rings (SSSR count). The quantitative estimate of drug-likeness (QED) is 0.626. The van der Waals surface area contributed by atoms with Crippen molar-refractivity contribution < 1.29 is 5.11 Å². The minimum absolute atomic E-state index is 0.216. The van der Waals surface area contributed by atoms with Crippen LogP contribution in [0.5, 0.6) is 0 Å². The normalized spacial score (nSPS) is 12.1. The molecule has 0 saturated carbocycles. The lowest BCUT2D eigenvalue weighted by molar-refractivity contribution is 0.186. The van der Waals surface area contributed by atoms with Gasteiger partial charge in [0.25, 0.3) is 0 Å². The monoisotopic (exact) mass is 161 g/mol. The molecule has 0 saturated heterocycles. The van der Waals surface area contributed by atoms with Gasteiger partial charge >= 0.3 is 0 Å². The highest BCUT2D eigenvalue weighted by atomic mass is 16.3. The minimum Gasteiger partial charge on any atom is -0.387 e. The average molecular weight is 161 g/mol. The molecule has 1 aromatic rings. The van der Waals surface area contributed by atoms with Crippen molar-refractivity contribution in [1.82, 2.24) is 0 Å². The zero-order valence-electron chi connectivity index (χ0n) is 6.70. The van der Waals surface area contributed by atoms with E-state index in [4.69, 9.17) is 12.2 Å². The molecule has 0 radical (unpaired) electrons. The van der Waals surface area contributed by atoms with Crippen molar-refractivity contribution in [2.45, 2.75) is 6.10 Å². The van der Waals surface area contributed by atoms with Gasteiger partial charge in [0.05, 0.1) is 6.10 Å². The van der Waals surface area contributed by atoms with Crippen molar-refractivity contribution >= 4 is 0 Å². The average Bonchev–Trinajstić information content (AvgIpc) is 2.17. The third-order valence-electron chi connectivity index (χ3n) is 1.66. The third-order valence-corrected chi connectivity index (χ3v) is 1.66. The minimum atomic E-state index is -0.613. The summed E-state index contributed by atoms with van der Waals surface area (Å²) in [5, 5.41) is 9.36. The second-order valence-electron chi connectivity index (χ2n) is 2.52. The summed E-state index contributed by atoms with van der Waals surface area (Å²) in [7, 11) is 0. The van der Waals surface area contributed by atoms with Gasteiger partial charge in [0.2, 0.25) is 0 Å². The second-order valence-corrected chi connectivity index (χ2v) is 2.52. The summed E-state index contributed by atoms with van der Waals surface area (Å²) >= 11 is 0. The molecular formula is C10H11NO. The molecule has 0 amide bonds. The van der Waals surface area contributed by atoms with E-state index in [9.17, 15) is 5.11 Å². The number of nitrogens with two attached hydrogens (primary N) is 1. The van der Waals surface area contributed by atoms with Crippen molar-refractivity contribution in [3.63, 3.8) is 0 Å². The lowest BCUT2D eigenvalue weighted by Crippen LogP contribution is -2.11. The highest BCUT2D eigenvalue weighted by Crippen LogP contribution is 2.12. The molecule has 0 aromatic heterocycles. The van der Waals surface area contributed by atoms with Crippen molar-refractivity contribution in [3.05, 3.63) is 35.4 Å². The molecule has 2 heteroatoms. The van der Waals surface area contributed by atoms with Gasteiger partial charge in [-0.1, -0.05) is 18.1 Å². The lowest BCUT2D eigenvalue weighted by Gasteiger charge is -2.07. The highest BCUT2D eigenvalue weighted by Gasteiger charge is 2.03. The number of aliphatic hydroxyl groups is 1. The standard InChI is InChI=1S/C10H11NO/c1-2-8-4-3-5-9(6-8)10(12)7-11/h1,3-6,10,12H,7,11H2/t10-/m1/s1. The van der Waals surface area contributed by atoms with E-state index in [2.05, 4.69) is 5.92 Å². The van der Waals surface area contributed by atoms with Crippen molar-refractivity contribution in [2.24, 2.45) is 5.73 Å². The molecule has 1 atom stereocenters. The maximum atomic E-state index is 9.36. The van der Waals surface area contributed by atoms with E-state index in [0.717, 1.165) is 11.1 Å². The third kappa shape index (κ3) is 1.85. The highest BCUT2D eigenvalue weighted by molar-refractivity contribution is 5.36. The molecule has 0 bridgehead atoms. The first-order valence-corrected chi connectivity index (χ1v) is 3.72. The van der Waals surface area contributed by atoms with Gasteiger partial charge in [0, 0.05) is 12.1 Å². The largest absolute Gasteiger partial charge is 0.387 e. The van der Waals surface area contributed by atoms with Crippen molar-refractivity contribution in [3.8, 4) is 12.3 Å². The van der Waals surface area contributed by atoms with Crippen LogP contribution >= 0.6 is 0 Å². The molecule has 62 valence electrons. The lowest BCUT2D eigenvalue weighted by atomic mass is 10.1. The Morgan fingerprint density at radius 2 is 2.33 bits per heavy atom. The van der Waals surface area contributed by atoms with Crippen LogP contribution in [0.15, 0.2) is 24.3 Å².